The molecule has 156 valence electrons. The van der Waals surface area contributed by atoms with Crippen molar-refractivity contribution in [3.8, 4) is 11.5 Å². The fraction of sp³-hybridized carbons (Fsp3) is 0.143. The van der Waals surface area contributed by atoms with E-state index in [9.17, 15) is 9.35 Å². The van der Waals surface area contributed by atoms with Crippen LogP contribution >= 0.6 is 0 Å². The third kappa shape index (κ3) is 5.79. The number of benzene rings is 2. The van der Waals surface area contributed by atoms with Crippen molar-refractivity contribution in [2.45, 2.75) is 11.4 Å². The Kier molecular flexibility index (Phi) is 7.36. The molecule has 0 aliphatic carbocycles. The zero-order valence-corrected chi connectivity index (χ0v) is 17.4. The predicted octanol–water partition coefficient (Wildman–Crippen LogP) is 3.90. The molecule has 4 N–H and O–H groups in total. The summed E-state index contributed by atoms with van der Waals surface area (Å²) < 4.78 is 24.1. The lowest BCUT2D eigenvalue weighted by molar-refractivity contribution is 0.251. The molecule has 30 heavy (non-hydrogen) atoms. The highest BCUT2D eigenvalue weighted by Gasteiger charge is 2.27. The van der Waals surface area contributed by atoms with E-state index in [2.05, 4.69) is 20.3 Å². The predicted molar refractivity (Wildman–Crippen MR) is 118 cm³/mol. The van der Waals surface area contributed by atoms with E-state index in [0.717, 1.165) is 5.56 Å². The fourth-order valence-corrected chi connectivity index (χ4v) is 3.62. The SMILES string of the molecule is COc1ccc(OC)c([S+](O)Nc2ccc(NC(=O)NCc3cccnc3)cc2)c1. The summed E-state index contributed by atoms with van der Waals surface area (Å²) in [4.78, 5) is 16.6. The first kappa shape index (κ1) is 21.3. The Balaban J connectivity index is 1.57. The molecule has 9 heteroatoms. The summed E-state index contributed by atoms with van der Waals surface area (Å²) >= 11 is -1.31. The highest BCUT2D eigenvalue weighted by molar-refractivity contribution is 7.93. The van der Waals surface area contributed by atoms with Crippen LogP contribution in [0.5, 0.6) is 11.5 Å². The summed E-state index contributed by atoms with van der Waals surface area (Å²) in [5.74, 6) is 1.17. The van der Waals surface area contributed by atoms with E-state index in [1.165, 1.54) is 0 Å². The maximum Gasteiger partial charge on any atom is 0.319 e. The zero-order chi connectivity index (χ0) is 21.3. The summed E-state index contributed by atoms with van der Waals surface area (Å²) in [7, 11) is 3.11. The van der Waals surface area contributed by atoms with Gasteiger partial charge in [0.25, 0.3) is 4.90 Å². The molecule has 1 atom stereocenters. The molecule has 1 heterocycles. The van der Waals surface area contributed by atoms with Gasteiger partial charge in [0.05, 0.1) is 19.9 Å². The molecule has 3 rings (SSSR count). The number of methoxy groups -OCH3 is 2. The number of rotatable bonds is 8. The normalized spacial score (nSPS) is 11.3. The van der Waals surface area contributed by atoms with E-state index in [-0.39, 0.29) is 6.03 Å². The molecule has 0 aliphatic heterocycles. The van der Waals surface area contributed by atoms with Crippen LogP contribution in [0.15, 0.2) is 71.9 Å². The van der Waals surface area contributed by atoms with Crippen molar-refractivity contribution >= 4 is 28.8 Å². The summed E-state index contributed by atoms with van der Waals surface area (Å²) in [6.07, 6.45) is 3.38. The quantitative estimate of drug-likeness (QED) is 0.407. The summed E-state index contributed by atoms with van der Waals surface area (Å²) in [5.41, 5.74) is 2.23. The molecular weight excluding hydrogens is 404 g/mol. The van der Waals surface area contributed by atoms with Gasteiger partial charge < -0.3 is 20.1 Å². The first-order valence-electron chi connectivity index (χ1n) is 9.05. The molecule has 0 spiro atoms. The monoisotopic (exact) mass is 427 g/mol. The zero-order valence-electron chi connectivity index (χ0n) is 16.6. The molecule has 0 saturated carbocycles. The van der Waals surface area contributed by atoms with Crippen molar-refractivity contribution in [3.63, 3.8) is 0 Å². The van der Waals surface area contributed by atoms with E-state index < -0.39 is 11.4 Å². The average Bonchev–Trinajstić information content (AvgIpc) is 2.79. The number of hydrogen-bond acceptors (Lipinski definition) is 6. The first-order valence-corrected chi connectivity index (χ1v) is 10.2. The molecule has 1 aromatic heterocycles. The summed E-state index contributed by atoms with van der Waals surface area (Å²) in [5, 5.41) is 5.53. The van der Waals surface area contributed by atoms with Crippen LogP contribution in [0.1, 0.15) is 5.56 Å². The van der Waals surface area contributed by atoms with Crippen LogP contribution in [-0.4, -0.2) is 29.8 Å². The van der Waals surface area contributed by atoms with Crippen LogP contribution < -0.4 is 24.8 Å². The first-order chi connectivity index (χ1) is 14.6. The topological polar surface area (TPSA) is 105 Å². The second kappa shape index (κ2) is 10.4. The molecule has 0 bridgehead atoms. The number of amides is 2. The Morgan fingerprint density at radius 1 is 1.07 bits per heavy atom. The Hall–Kier alpha value is -3.43. The van der Waals surface area contributed by atoms with Crippen LogP contribution in [0.25, 0.3) is 0 Å². The molecule has 0 fully saturated rings. The summed E-state index contributed by atoms with van der Waals surface area (Å²) in [6, 6.07) is 15.6. The lowest BCUT2D eigenvalue weighted by Crippen LogP contribution is -2.28. The van der Waals surface area contributed by atoms with Gasteiger partial charge in [0.2, 0.25) is 0 Å². The number of nitrogens with one attached hydrogen (secondary N) is 3. The third-order valence-corrected chi connectivity index (χ3v) is 5.28. The average molecular weight is 428 g/mol. The highest BCUT2D eigenvalue weighted by atomic mass is 32.2. The van der Waals surface area contributed by atoms with Crippen LogP contribution in [0.3, 0.4) is 0 Å². The number of nitrogens with zero attached hydrogens (tertiary/aromatic N) is 1. The number of carbonyl (C=O) groups excluding carboxylic acids is 1. The number of ether oxygens (including phenoxy) is 2. The number of aromatic nitrogens is 1. The van der Waals surface area contributed by atoms with E-state index in [4.69, 9.17) is 9.47 Å². The number of anilines is 2. The second-order valence-electron chi connectivity index (χ2n) is 6.15. The van der Waals surface area contributed by atoms with E-state index in [0.29, 0.717) is 34.3 Å². The number of pyridine rings is 1. The van der Waals surface area contributed by atoms with Crippen LogP contribution in [0.2, 0.25) is 0 Å². The minimum atomic E-state index is -1.31. The van der Waals surface area contributed by atoms with Crippen molar-refractivity contribution in [1.82, 2.24) is 10.3 Å². The molecule has 0 aliphatic rings. The maximum absolute atomic E-state index is 12.0. The van der Waals surface area contributed by atoms with Gasteiger partial charge in [-0.25, -0.2) is 4.79 Å². The van der Waals surface area contributed by atoms with Gasteiger partial charge in [-0.1, -0.05) is 6.07 Å². The van der Waals surface area contributed by atoms with Gasteiger partial charge in [-0.05, 0) is 48.0 Å². The Morgan fingerprint density at radius 2 is 1.83 bits per heavy atom. The van der Waals surface area contributed by atoms with Gasteiger partial charge in [0.15, 0.2) is 5.75 Å². The molecule has 2 aromatic carbocycles. The van der Waals surface area contributed by atoms with E-state index in [1.807, 2.05) is 12.1 Å². The largest absolute Gasteiger partial charge is 0.497 e. The highest BCUT2D eigenvalue weighted by Crippen LogP contribution is 2.30. The van der Waals surface area contributed by atoms with Gasteiger partial charge in [0, 0.05) is 30.7 Å². The van der Waals surface area contributed by atoms with Gasteiger partial charge in [-0.2, -0.15) is 9.27 Å². The van der Waals surface area contributed by atoms with Gasteiger partial charge in [-0.15, -0.1) is 0 Å². The molecular formula is C21H23N4O4S+. The van der Waals surface area contributed by atoms with Gasteiger partial charge in [0.1, 0.15) is 5.75 Å². The van der Waals surface area contributed by atoms with Crippen molar-refractivity contribution in [2.75, 3.05) is 24.3 Å². The third-order valence-electron chi connectivity index (χ3n) is 4.11. The standard InChI is InChI=1S/C21H22N4O4S/c1-28-18-9-10-19(29-2)20(12-18)30(27)25-17-7-5-16(6-8-17)24-21(26)23-14-15-4-3-11-22-13-15/h3-13,25,27H,14H2,1-2H3,(H-,23,24,26)/p+1. The second-order valence-corrected chi connectivity index (χ2v) is 7.36. The molecule has 3 aromatic rings. The van der Waals surface area contributed by atoms with Gasteiger partial charge >= 0.3 is 17.4 Å². The van der Waals surface area contributed by atoms with Crippen molar-refractivity contribution in [2.24, 2.45) is 0 Å². The lowest BCUT2D eigenvalue weighted by Gasteiger charge is -2.10. The van der Waals surface area contributed by atoms with Crippen LogP contribution in [-0.2, 0) is 17.9 Å². The van der Waals surface area contributed by atoms with Crippen LogP contribution in [0.4, 0.5) is 16.2 Å². The molecule has 1 unspecified atom stereocenters. The van der Waals surface area contributed by atoms with Crippen molar-refractivity contribution in [3.05, 3.63) is 72.6 Å². The van der Waals surface area contributed by atoms with E-state index >= 15 is 0 Å². The number of hydrogen-bond donors (Lipinski definition) is 4. The van der Waals surface area contributed by atoms with Crippen molar-refractivity contribution in [1.29, 1.82) is 0 Å². The maximum atomic E-state index is 12.0. The summed E-state index contributed by atoms with van der Waals surface area (Å²) in [6.45, 7) is 0.384. The Morgan fingerprint density at radius 3 is 2.50 bits per heavy atom. The molecule has 0 saturated heterocycles. The fourth-order valence-electron chi connectivity index (χ4n) is 2.58. The lowest BCUT2D eigenvalue weighted by atomic mass is 10.3. The Labute approximate surface area is 177 Å². The van der Waals surface area contributed by atoms with Crippen LogP contribution in [0, 0.1) is 0 Å². The number of carbonyl (C=O) groups is 1. The Bertz CT molecular complexity index is 971. The van der Waals surface area contributed by atoms with Crippen molar-refractivity contribution < 1.29 is 18.8 Å². The molecule has 0 radical (unpaired) electrons. The molecule has 2 amide bonds. The number of urea groups is 1. The minimum Gasteiger partial charge on any atom is -0.497 e. The van der Waals surface area contributed by atoms with E-state index in [1.54, 1.807) is 69.1 Å². The minimum absolute atomic E-state index is 0.317. The van der Waals surface area contributed by atoms with Gasteiger partial charge in [-0.3, -0.25) is 4.98 Å². The smallest absolute Gasteiger partial charge is 0.319 e. The molecule has 8 nitrogen and oxygen atoms in total.